The zero-order valence-corrected chi connectivity index (χ0v) is 26.9. The number of hydrogen-bond donors (Lipinski definition) is 0. The Hall–Kier alpha value is -1.66. The van der Waals surface area contributed by atoms with Crippen molar-refractivity contribution in [1.82, 2.24) is 0 Å². The summed E-state index contributed by atoms with van der Waals surface area (Å²) in [6, 6.07) is 28.2. The summed E-state index contributed by atoms with van der Waals surface area (Å²) < 4.78 is 3.62. The van der Waals surface area contributed by atoms with Crippen molar-refractivity contribution in [3.8, 4) is 0 Å². The molecule has 198 valence electrons. The van der Waals surface area contributed by atoms with Crippen LogP contribution in [0.5, 0.6) is 0 Å². The Kier molecular flexibility index (Phi) is 7.28. The molecule has 0 bridgehead atoms. The molecular formula is C36H36Cl2Zr. The van der Waals surface area contributed by atoms with Gasteiger partial charge < -0.3 is 24.8 Å². The molecule has 0 amide bonds. The first-order valence-corrected chi connectivity index (χ1v) is 20.4. The number of benzene rings is 4. The summed E-state index contributed by atoms with van der Waals surface area (Å²) in [5.74, 6) is 0. The normalized spacial score (nSPS) is 26.4. The Balaban J connectivity index is 0.00000138. The minimum atomic E-state index is -2.83. The van der Waals surface area contributed by atoms with Gasteiger partial charge in [-0.15, -0.1) is 0 Å². The Morgan fingerprint density at radius 1 is 0.590 bits per heavy atom. The van der Waals surface area contributed by atoms with Gasteiger partial charge in [-0.3, -0.25) is 0 Å². The van der Waals surface area contributed by atoms with Gasteiger partial charge in [0.2, 0.25) is 0 Å². The van der Waals surface area contributed by atoms with E-state index in [0.29, 0.717) is 0 Å². The summed E-state index contributed by atoms with van der Waals surface area (Å²) in [5, 5.41) is 5.75. The van der Waals surface area contributed by atoms with E-state index in [4.69, 9.17) is 0 Å². The van der Waals surface area contributed by atoms with Gasteiger partial charge in [-0.2, -0.15) is 0 Å². The summed E-state index contributed by atoms with van der Waals surface area (Å²) >= 11 is -2.83. The molecule has 39 heavy (non-hydrogen) atoms. The largest absolute Gasteiger partial charge is 1.00 e. The third-order valence-corrected chi connectivity index (χ3v) is 27.8. The first-order chi connectivity index (χ1) is 18.3. The molecule has 1 aliphatic heterocycles. The second kappa shape index (κ2) is 10.3. The van der Waals surface area contributed by atoms with E-state index in [1.807, 2.05) is 0 Å². The Labute approximate surface area is 250 Å². The maximum Gasteiger partial charge on any atom is -1.00 e. The summed E-state index contributed by atoms with van der Waals surface area (Å²) in [7, 11) is 0. The van der Waals surface area contributed by atoms with Crippen LogP contribution in [0.4, 0.5) is 0 Å². The topological polar surface area (TPSA) is 0 Å². The maximum atomic E-state index is 2.66. The standard InChI is InChI=1S/2C15H13.C6H10.2ClH.Zr/c2*1-2-11-9-13-8-7-12-5-3-4-6-14(12)15(13)10-11;1-2-4-6-5-3-1;;;/h2*3-10H,2H2,1H3;1-2H,3-6H2;2*1H;/q;;;;;+2/p-2. The molecule has 1 heterocycles. The maximum absolute atomic E-state index is 2.83. The van der Waals surface area contributed by atoms with E-state index in [0.717, 1.165) is 14.5 Å². The molecule has 3 heteroatoms. The SMILES string of the molecule is CCC1=Cc2c(ccc3ccccc23)[CH]1[Zr+2]1([CH]2C(CC)=Cc3c2ccc2ccccc32)[CH]2CCCC[CH]21.[Cl-].[Cl-]. The van der Waals surface area contributed by atoms with Crippen LogP contribution in [0.2, 0.25) is 7.25 Å². The van der Waals surface area contributed by atoms with Gasteiger partial charge >= 0.3 is 227 Å². The van der Waals surface area contributed by atoms with Crippen molar-refractivity contribution < 1.29 is 45.1 Å². The third kappa shape index (κ3) is 3.72. The van der Waals surface area contributed by atoms with Gasteiger partial charge in [0, 0.05) is 0 Å². The van der Waals surface area contributed by atoms with Crippen molar-refractivity contribution in [3.63, 3.8) is 0 Å². The van der Waals surface area contributed by atoms with Crippen LogP contribution < -0.4 is 24.8 Å². The van der Waals surface area contributed by atoms with Crippen LogP contribution in [0.15, 0.2) is 83.9 Å². The zero-order chi connectivity index (χ0) is 24.7. The van der Waals surface area contributed by atoms with Crippen LogP contribution in [-0.2, 0) is 20.3 Å². The van der Waals surface area contributed by atoms with Gasteiger partial charge in [0.15, 0.2) is 0 Å². The molecule has 4 aromatic carbocycles. The van der Waals surface area contributed by atoms with Crippen molar-refractivity contribution >= 4 is 33.7 Å². The predicted molar refractivity (Wildman–Crippen MR) is 156 cm³/mol. The molecule has 1 saturated carbocycles. The monoisotopic (exact) mass is 628 g/mol. The van der Waals surface area contributed by atoms with E-state index in [-0.39, 0.29) is 24.8 Å². The van der Waals surface area contributed by atoms with Gasteiger partial charge in [-0.1, -0.05) is 0 Å². The molecular weight excluding hydrogens is 595 g/mol. The van der Waals surface area contributed by atoms with Gasteiger partial charge in [-0.05, 0) is 0 Å². The molecule has 4 aliphatic rings. The molecule has 0 radical (unpaired) electrons. The van der Waals surface area contributed by atoms with Crippen molar-refractivity contribution in [2.75, 3.05) is 0 Å². The molecule has 2 fully saturated rings. The fourth-order valence-corrected chi connectivity index (χ4v) is 32.9. The average molecular weight is 631 g/mol. The van der Waals surface area contributed by atoms with Crippen molar-refractivity contribution in [3.05, 3.63) is 106 Å². The van der Waals surface area contributed by atoms with Crippen LogP contribution in [0.25, 0.3) is 33.7 Å². The number of fused-ring (bicyclic) bond motifs is 7. The molecule has 4 unspecified atom stereocenters. The fourth-order valence-electron chi connectivity index (χ4n) is 9.42. The predicted octanol–water partition coefficient (Wildman–Crippen LogP) is 4.72. The quantitative estimate of drug-likeness (QED) is 0.307. The van der Waals surface area contributed by atoms with Crippen LogP contribution in [0, 0.1) is 0 Å². The van der Waals surface area contributed by atoms with Gasteiger partial charge in [-0.25, -0.2) is 0 Å². The summed E-state index contributed by atoms with van der Waals surface area (Å²) in [6.45, 7) is 4.87. The Bertz CT molecular complexity index is 1520. The average Bonchev–Trinajstić information content (AvgIpc) is 3.25. The van der Waals surface area contributed by atoms with E-state index >= 15 is 0 Å². The first-order valence-electron chi connectivity index (χ1n) is 14.7. The zero-order valence-electron chi connectivity index (χ0n) is 22.9. The Morgan fingerprint density at radius 3 is 1.46 bits per heavy atom. The van der Waals surface area contributed by atoms with E-state index in [2.05, 4.69) is 98.8 Å². The molecule has 0 spiro atoms. The molecule has 3 aliphatic carbocycles. The van der Waals surface area contributed by atoms with E-state index in [1.54, 1.807) is 33.4 Å². The number of hydrogen-bond acceptors (Lipinski definition) is 0. The third-order valence-electron chi connectivity index (χ3n) is 10.8. The first kappa shape index (κ1) is 27.5. The number of halogens is 2. The summed E-state index contributed by atoms with van der Waals surface area (Å²) in [4.78, 5) is 0. The second-order valence-electron chi connectivity index (χ2n) is 12.1. The van der Waals surface area contributed by atoms with E-state index < -0.39 is 20.3 Å². The van der Waals surface area contributed by atoms with Crippen molar-refractivity contribution in [1.29, 1.82) is 0 Å². The molecule has 0 N–H and O–H groups in total. The van der Waals surface area contributed by atoms with E-state index in [1.165, 1.54) is 60.1 Å². The van der Waals surface area contributed by atoms with Gasteiger partial charge in [0.25, 0.3) is 0 Å². The molecule has 0 aromatic heterocycles. The van der Waals surface area contributed by atoms with Gasteiger partial charge in [0.05, 0.1) is 0 Å². The smallest absolute Gasteiger partial charge is 1.00 e. The minimum Gasteiger partial charge on any atom is -1.00 e. The molecule has 1 saturated heterocycles. The molecule has 4 aromatic rings. The summed E-state index contributed by atoms with van der Waals surface area (Å²) in [5.41, 5.74) is 10.1. The fraction of sp³-hybridized carbons (Fsp3) is 0.333. The molecule has 4 atom stereocenters. The second-order valence-corrected chi connectivity index (χ2v) is 23.5. The minimum absolute atomic E-state index is 0. The number of rotatable bonds is 4. The molecule has 8 rings (SSSR count). The van der Waals surface area contributed by atoms with Crippen molar-refractivity contribution in [2.24, 2.45) is 0 Å². The van der Waals surface area contributed by atoms with Crippen LogP contribution >= 0.6 is 0 Å². The Morgan fingerprint density at radius 2 is 1.03 bits per heavy atom. The van der Waals surface area contributed by atoms with Crippen LogP contribution in [0.1, 0.15) is 81.9 Å². The number of allylic oxidation sites excluding steroid dienone is 2. The van der Waals surface area contributed by atoms with Crippen LogP contribution in [-0.4, -0.2) is 0 Å². The molecule has 0 nitrogen and oxygen atoms in total. The summed E-state index contributed by atoms with van der Waals surface area (Å²) in [6.07, 6.45) is 13.7. The van der Waals surface area contributed by atoms with E-state index in [9.17, 15) is 0 Å². The van der Waals surface area contributed by atoms with Gasteiger partial charge in [0.1, 0.15) is 0 Å². The van der Waals surface area contributed by atoms with Crippen molar-refractivity contribution in [2.45, 2.75) is 66.9 Å². The van der Waals surface area contributed by atoms with Crippen LogP contribution in [0.3, 0.4) is 0 Å².